The van der Waals surface area contributed by atoms with Crippen molar-refractivity contribution in [2.24, 2.45) is 0 Å². The van der Waals surface area contributed by atoms with Crippen LogP contribution in [0.25, 0.3) is 0 Å². The lowest BCUT2D eigenvalue weighted by Crippen LogP contribution is -2.20. The zero-order chi connectivity index (χ0) is 9.56. The van der Waals surface area contributed by atoms with Crippen molar-refractivity contribution in [1.82, 2.24) is 0 Å². The smallest absolute Gasteiger partial charge is 0.305 e. The van der Waals surface area contributed by atoms with Crippen LogP contribution in [0, 0.1) is 11.3 Å². The number of aliphatic hydroxyl groups excluding tert-OH is 2. The van der Waals surface area contributed by atoms with Crippen molar-refractivity contribution in [2.75, 3.05) is 0 Å². The fraction of sp³-hybridized carbons (Fsp3) is 0.714. The Balaban J connectivity index is 3.62. The van der Waals surface area contributed by atoms with Crippen LogP contribution < -0.4 is 0 Å². The third kappa shape index (κ3) is 5.65. The van der Waals surface area contributed by atoms with Gasteiger partial charge >= 0.3 is 5.97 Å². The molecule has 0 fully saturated rings. The van der Waals surface area contributed by atoms with Crippen molar-refractivity contribution in [3.05, 3.63) is 0 Å². The zero-order valence-corrected chi connectivity index (χ0v) is 6.47. The van der Waals surface area contributed by atoms with E-state index in [1.807, 2.05) is 0 Å². The second-order valence-electron chi connectivity index (χ2n) is 2.50. The Morgan fingerprint density at radius 1 is 1.42 bits per heavy atom. The predicted octanol–water partition coefficient (Wildman–Crippen LogP) is -0.513. The van der Waals surface area contributed by atoms with E-state index in [2.05, 4.69) is 0 Å². The lowest BCUT2D eigenvalue weighted by atomic mass is 10.1. The minimum Gasteiger partial charge on any atom is -0.481 e. The SMILES string of the molecule is N#CCC(O)C[C@@H](O)CC(=O)O. The van der Waals surface area contributed by atoms with Crippen LogP contribution in [0.15, 0.2) is 0 Å². The molecule has 0 aliphatic rings. The van der Waals surface area contributed by atoms with E-state index in [-0.39, 0.29) is 12.8 Å². The van der Waals surface area contributed by atoms with Gasteiger partial charge in [0.05, 0.1) is 31.1 Å². The van der Waals surface area contributed by atoms with Crippen LogP contribution in [-0.4, -0.2) is 33.5 Å². The van der Waals surface area contributed by atoms with Crippen molar-refractivity contribution in [1.29, 1.82) is 5.26 Å². The fourth-order valence-electron chi connectivity index (χ4n) is 0.788. The summed E-state index contributed by atoms with van der Waals surface area (Å²) in [6.45, 7) is 0. The number of carboxylic acid groups (broad SMARTS) is 1. The molecule has 0 rings (SSSR count). The first-order valence-electron chi connectivity index (χ1n) is 3.51. The number of aliphatic carboxylic acids is 1. The largest absolute Gasteiger partial charge is 0.481 e. The van der Waals surface area contributed by atoms with Crippen molar-refractivity contribution in [3.63, 3.8) is 0 Å². The van der Waals surface area contributed by atoms with E-state index in [4.69, 9.17) is 20.6 Å². The fourth-order valence-corrected chi connectivity index (χ4v) is 0.788. The molecule has 5 nitrogen and oxygen atoms in total. The number of aliphatic hydroxyl groups is 2. The molecule has 0 aromatic rings. The summed E-state index contributed by atoms with van der Waals surface area (Å²) in [5.41, 5.74) is 0. The molecule has 0 aromatic carbocycles. The Labute approximate surface area is 69.9 Å². The van der Waals surface area contributed by atoms with Gasteiger partial charge in [0.25, 0.3) is 0 Å². The number of carboxylic acids is 1. The highest BCUT2D eigenvalue weighted by Gasteiger charge is 2.14. The van der Waals surface area contributed by atoms with Gasteiger partial charge < -0.3 is 15.3 Å². The van der Waals surface area contributed by atoms with Gasteiger partial charge in [-0.25, -0.2) is 0 Å². The molecule has 12 heavy (non-hydrogen) atoms. The standard InChI is InChI=1S/C7H11NO4/c8-2-1-5(9)3-6(10)4-7(11)12/h5-6,9-10H,1,3-4H2,(H,11,12)/t5?,6-/m1/s1. The van der Waals surface area contributed by atoms with Crippen LogP contribution in [-0.2, 0) is 4.79 Å². The lowest BCUT2D eigenvalue weighted by molar-refractivity contribution is -0.139. The third-order valence-corrected chi connectivity index (χ3v) is 1.28. The van der Waals surface area contributed by atoms with E-state index < -0.39 is 24.6 Å². The first kappa shape index (κ1) is 10.9. The van der Waals surface area contributed by atoms with Crippen LogP contribution in [0.2, 0.25) is 0 Å². The third-order valence-electron chi connectivity index (χ3n) is 1.28. The lowest BCUT2D eigenvalue weighted by Gasteiger charge is -2.10. The summed E-state index contributed by atoms with van der Waals surface area (Å²) < 4.78 is 0. The summed E-state index contributed by atoms with van der Waals surface area (Å²) in [6.07, 6.45) is -2.57. The molecule has 0 saturated carbocycles. The molecule has 0 amide bonds. The van der Waals surface area contributed by atoms with Gasteiger partial charge in [0, 0.05) is 6.42 Å². The summed E-state index contributed by atoms with van der Waals surface area (Å²) in [5.74, 6) is -1.12. The van der Waals surface area contributed by atoms with E-state index in [0.717, 1.165) is 0 Å². The van der Waals surface area contributed by atoms with E-state index in [0.29, 0.717) is 0 Å². The molecule has 0 aliphatic heterocycles. The summed E-state index contributed by atoms with van der Waals surface area (Å²) >= 11 is 0. The Bertz CT molecular complexity index is 186. The first-order chi connectivity index (χ1) is 5.56. The molecular formula is C7H11NO4. The molecular weight excluding hydrogens is 162 g/mol. The average molecular weight is 173 g/mol. The van der Waals surface area contributed by atoms with Crippen molar-refractivity contribution in [3.8, 4) is 6.07 Å². The van der Waals surface area contributed by atoms with Crippen LogP contribution in [0.3, 0.4) is 0 Å². The molecule has 0 aromatic heterocycles. The van der Waals surface area contributed by atoms with Gasteiger partial charge in [-0.1, -0.05) is 0 Å². The maximum atomic E-state index is 10.0. The van der Waals surface area contributed by atoms with Gasteiger partial charge in [-0.3, -0.25) is 4.79 Å². The molecule has 2 atom stereocenters. The van der Waals surface area contributed by atoms with Gasteiger partial charge in [0.15, 0.2) is 0 Å². The number of nitriles is 1. The van der Waals surface area contributed by atoms with Crippen LogP contribution >= 0.6 is 0 Å². The Hall–Kier alpha value is -1.12. The average Bonchev–Trinajstić information content (AvgIpc) is 1.84. The minimum absolute atomic E-state index is 0.0696. The van der Waals surface area contributed by atoms with Crippen molar-refractivity contribution < 1.29 is 20.1 Å². The van der Waals surface area contributed by atoms with Crippen molar-refractivity contribution in [2.45, 2.75) is 31.5 Å². The maximum Gasteiger partial charge on any atom is 0.305 e. The highest BCUT2D eigenvalue weighted by Crippen LogP contribution is 2.04. The topological polar surface area (TPSA) is 102 Å². The van der Waals surface area contributed by atoms with E-state index in [9.17, 15) is 4.79 Å². The summed E-state index contributed by atoms with van der Waals surface area (Å²) in [4.78, 5) is 10.0. The number of carbonyl (C=O) groups is 1. The van der Waals surface area contributed by atoms with Gasteiger partial charge in [-0.15, -0.1) is 0 Å². The predicted molar refractivity (Wildman–Crippen MR) is 39.1 cm³/mol. The number of rotatable bonds is 5. The van der Waals surface area contributed by atoms with Crippen LogP contribution in [0.4, 0.5) is 0 Å². The molecule has 1 unspecified atom stereocenters. The molecule has 0 aliphatic carbocycles. The van der Waals surface area contributed by atoms with Gasteiger partial charge in [0.2, 0.25) is 0 Å². The second kappa shape index (κ2) is 5.52. The quantitative estimate of drug-likeness (QED) is 0.519. The molecule has 0 bridgehead atoms. The summed E-state index contributed by atoms with van der Waals surface area (Å²) in [6, 6.07) is 1.72. The second-order valence-corrected chi connectivity index (χ2v) is 2.50. The molecule has 0 spiro atoms. The van der Waals surface area contributed by atoms with E-state index in [1.54, 1.807) is 6.07 Å². The van der Waals surface area contributed by atoms with E-state index in [1.165, 1.54) is 0 Å². The van der Waals surface area contributed by atoms with Crippen molar-refractivity contribution >= 4 is 5.97 Å². The Kier molecular flexibility index (Phi) is 5.00. The first-order valence-corrected chi connectivity index (χ1v) is 3.51. The highest BCUT2D eigenvalue weighted by molar-refractivity contribution is 5.67. The molecule has 68 valence electrons. The molecule has 0 heterocycles. The maximum absolute atomic E-state index is 10.0. The monoisotopic (exact) mass is 173 g/mol. The molecule has 5 heteroatoms. The number of hydrogen-bond donors (Lipinski definition) is 3. The molecule has 3 N–H and O–H groups in total. The highest BCUT2D eigenvalue weighted by atomic mass is 16.4. The van der Waals surface area contributed by atoms with Crippen LogP contribution in [0.5, 0.6) is 0 Å². The number of nitrogens with zero attached hydrogens (tertiary/aromatic N) is 1. The normalized spacial score (nSPS) is 14.8. The van der Waals surface area contributed by atoms with Gasteiger partial charge in [-0.05, 0) is 0 Å². The Morgan fingerprint density at radius 3 is 2.42 bits per heavy atom. The molecule has 0 saturated heterocycles. The van der Waals surface area contributed by atoms with Gasteiger partial charge in [0.1, 0.15) is 0 Å². The van der Waals surface area contributed by atoms with E-state index >= 15 is 0 Å². The van der Waals surface area contributed by atoms with Crippen LogP contribution in [0.1, 0.15) is 19.3 Å². The number of hydrogen-bond acceptors (Lipinski definition) is 4. The van der Waals surface area contributed by atoms with Gasteiger partial charge in [-0.2, -0.15) is 5.26 Å². The molecule has 0 radical (unpaired) electrons. The zero-order valence-electron chi connectivity index (χ0n) is 6.47. The summed E-state index contributed by atoms with van der Waals surface area (Å²) in [7, 11) is 0. The Morgan fingerprint density at radius 2 is 2.00 bits per heavy atom. The minimum atomic E-state index is -1.12. The summed E-state index contributed by atoms with van der Waals surface area (Å²) in [5, 5.41) is 34.3.